The van der Waals surface area contributed by atoms with Gasteiger partial charge < -0.3 is 4.90 Å². The van der Waals surface area contributed by atoms with Crippen LogP contribution in [0.5, 0.6) is 0 Å². The number of carbonyl (C=O) groups is 1. The zero-order valence-corrected chi connectivity index (χ0v) is 17.7. The summed E-state index contributed by atoms with van der Waals surface area (Å²) in [5.41, 5.74) is 0.875. The van der Waals surface area contributed by atoms with Crippen LogP contribution < -0.4 is 10.5 Å². The number of carbonyl (C=O) groups excluding carboxylic acids is 1. The predicted molar refractivity (Wildman–Crippen MR) is 118 cm³/mol. The summed E-state index contributed by atoms with van der Waals surface area (Å²) >= 11 is 6.45. The minimum Gasteiger partial charge on any atom is -0.355 e. The molecule has 2 unspecified atom stereocenters. The summed E-state index contributed by atoms with van der Waals surface area (Å²) in [4.78, 5) is 34.7. The van der Waals surface area contributed by atoms with Gasteiger partial charge >= 0.3 is 0 Å². The molecule has 0 saturated carbocycles. The highest BCUT2D eigenvalue weighted by molar-refractivity contribution is 8.26. The van der Waals surface area contributed by atoms with Crippen molar-refractivity contribution < 1.29 is 4.79 Å². The van der Waals surface area contributed by atoms with E-state index in [9.17, 15) is 9.59 Å². The Morgan fingerprint density at radius 1 is 1.21 bits per heavy atom. The Hall–Kier alpha value is -2.19. The van der Waals surface area contributed by atoms with E-state index in [4.69, 9.17) is 17.2 Å². The molecular formula is C20H22N4O2S2. The van der Waals surface area contributed by atoms with Gasteiger partial charge in [0, 0.05) is 26.3 Å². The molecule has 0 bridgehead atoms. The van der Waals surface area contributed by atoms with Crippen LogP contribution in [0.1, 0.15) is 25.8 Å². The minimum atomic E-state index is -0.182. The number of anilines is 1. The van der Waals surface area contributed by atoms with E-state index in [-0.39, 0.29) is 11.5 Å². The molecule has 2 aromatic heterocycles. The van der Waals surface area contributed by atoms with E-state index >= 15 is 0 Å². The highest BCUT2D eigenvalue weighted by Gasteiger charge is 2.31. The zero-order chi connectivity index (χ0) is 20.0. The number of thioether (sulfide) groups is 1. The number of rotatable bonds is 2. The average Bonchev–Trinajstić information content (AvgIpc) is 2.90. The minimum absolute atomic E-state index is 0.173. The molecule has 0 radical (unpaired) electrons. The van der Waals surface area contributed by atoms with Crippen LogP contribution >= 0.6 is 24.0 Å². The first-order chi connectivity index (χ1) is 13.3. The molecule has 2 saturated heterocycles. The number of thiocarbonyl (C=S) groups is 1. The van der Waals surface area contributed by atoms with Crippen molar-refractivity contribution >= 4 is 51.7 Å². The van der Waals surface area contributed by atoms with E-state index in [1.165, 1.54) is 21.1 Å². The number of nitrogens with zero attached hydrogens (tertiary/aromatic N) is 4. The topological polar surface area (TPSA) is 57.9 Å². The SMILES string of the molecule is CC1CC(C)CN(c2nc3ccccn3c(=O)c2/C=C2/SC(=S)N(C)C2=O)C1. The number of amides is 1. The Morgan fingerprint density at radius 2 is 1.93 bits per heavy atom. The first-order valence-electron chi connectivity index (χ1n) is 9.33. The summed E-state index contributed by atoms with van der Waals surface area (Å²) in [6.07, 6.45) is 4.53. The van der Waals surface area contributed by atoms with Gasteiger partial charge in [0.25, 0.3) is 11.5 Å². The van der Waals surface area contributed by atoms with Crippen LogP contribution in [0.15, 0.2) is 34.1 Å². The van der Waals surface area contributed by atoms with Crippen LogP contribution in [0, 0.1) is 11.8 Å². The van der Waals surface area contributed by atoms with E-state index in [1.807, 2.05) is 12.1 Å². The Bertz CT molecular complexity index is 1050. The second-order valence-electron chi connectivity index (χ2n) is 7.67. The second kappa shape index (κ2) is 7.33. The predicted octanol–water partition coefficient (Wildman–Crippen LogP) is 3.01. The maximum absolute atomic E-state index is 13.3. The summed E-state index contributed by atoms with van der Waals surface area (Å²) in [7, 11) is 1.65. The first kappa shape index (κ1) is 19.1. The Balaban J connectivity index is 1.91. The number of fused-ring (bicyclic) bond motifs is 1. The Kier molecular flexibility index (Phi) is 5.01. The quantitative estimate of drug-likeness (QED) is 0.556. The van der Waals surface area contributed by atoms with Gasteiger partial charge in [0.1, 0.15) is 15.8 Å². The highest BCUT2D eigenvalue weighted by Crippen LogP contribution is 2.33. The highest BCUT2D eigenvalue weighted by atomic mass is 32.2. The molecule has 2 aliphatic heterocycles. The van der Waals surface area contributed by atoms with Gasteiger partial charge in [0.2, 0.25) is 0 Å². The van der Waals surface area contributed by atoms with Crippen molar-refractivity contribution in [2.45, 2.75) is 20.3 Å². The van der Waals surface area contributed by atoms with E-state index in [0.29, 0.717) is 38.1 Å². The summed E-state index contributed by atoms with van der Waals surface area (Å²) in [6, 6.07) is 5.50. The van der Waals surface area contributed by atoms with Crippen LogP contribution in [0.25, 0.3) is 11.7 Å². The van der Waals surface area contributed by atoms with Crippen molar-refractivity contribution in [3.8, 4) is 0 Å². The molecule has 2 atom stereocenters. The van der Waals surface area contributed by atoms with Crippen molar-refractivity contribution in [3.63, 3.8) is 0 Å². The summed E-state index contributed by atoms with van der Waals surface area (Å²) in [5.74, 6) is 1.50. The number of hydrogen-bond donors (Lipinski definition) is 0. The fourth-order valence-electron chi connectivity index (χ4n) is 3.97. The molecule has 1 amide bonds. The lowest BCUT2D eigenvalue weighted by Crippen LogP contribution is -2.40. The van der Waals surface area contributed by atoms with Crippen molar-refractivity contribution in [3.05, 3.63) is 45.2 Å². The molecule has 0 spiro atoms. The lowest BCUT2D eigenvalue weighted by molar-refractivity contribution is -0.121. The summed E-state index contributed by atoms with van der Waals surface area (Å²) in [6.45, 7) is 6.13. The fraction of sp³-hybridized carbons (Fsp3) is 0.400. The normalized spacial score (nSPS) is 24.6. The van der Waals surface area contributed by atoms with Gasteiger partial charge in [-0.15, -0.1) is 0 Å². The number of likely N-dealkylation sites (N-methyl/N-ethyl adjacent to an activating group) is 1. The lowest BCUT2D eigenvalue weighted by Gasteiger charge is -2.36. The maximum atomic E-state index is 13.3. The molecule has 4 heterocycles. The van der Waals surface area contributed by atoms with Crippen molar-refractivity contribution in [1.82, 2.24) is 14.3 Å². The van der Waals surface area contributed by atoms with Crippen molar-refractivity contribution in [2.24, 2.45) is 11.8 Å². The smallest absolute Gasteiger partial charge is 0.267 e. The number of aromatic nitrogens is 2. The molecule has 2 fully saturated rings. The van der Waals surface area contributed by atoms with Gasteiger partial charge in [-0.1, -0.05) is 43.9 Å². The average molecular weight is 415 g/mol. The third-order valence-electron chi connectivity index (χ3n) is 5.18. The molecule has 0 N–H and O–H groups in total. The molecule has 6 nitrogen and oxygen atoms in total. The second-order valence-corrected chi connectivity index (χ2v) is 9.35. The van der Waals surface area contributed by atoms with Gasteiger partial charge in [0.15, 0.2) is 0 Å². The fourth-order valence-corrected chi connectivity index (χ4v) is 5.13. The van der Waals surface area contributed by atoms with Crippen LogP contribution in [-0.4, -0.2) is 44.6 Å². The molecule has 28 heavy (non-hydrogen) atoms. The molecule has 0 aromatic carbocycles. The Labute approximate surface area is 173 Å². The molecule has 2 aliphatic rings. The summed E-state index contributed by atoms with van der Waals surface area (Å²) in [5, 5.41) is 0. The van der Waals surface area contributed by atoms with Crippen molar-refractivity contribution in [1.29, 1.82) is 0 Å². The third-order valence-corrected chi connectivity index (χ3v) is 6.66. The van der Waals surface area contributed by atoms with Gasteiger partial charge in [0.05, 0.1) is 10.5 Å². The largest absolute Gasteiger partial charge is 0.355 e. The van der Waals surface area contributed by atoms with Crippen LogP contribution in [-0.2, 0) is 4.79 Å². The van der Waals surface area contributed by atoms with Crippen LogP contribution in [0.4, 0.5) is 5.82 Å². The van der Waals surface area contributed by atoms with Gasteiger partial charge in [-0.2, -0.15) is 0 Å². The van der Waals surface area contributed by atoms with E-state index in [0.717, 1.165) is 19.5 Å². The van der Waals surface area contributed by atoms with Gasteiger partial charge in [-0.25, -0.2) is 4.98 Å². The van der Waals surface area contributed by atoms with Gasteiger partial charge in [-0.05, 0) is 36.5 Å². The molecule has 8 heteroatoms. The number of piperidine rings is 1. The number of pyridine rings is 1. The standard InChI is InChI=1S/C20H22N4O2S2/c1-12-8-13(2)11-23(10-12)17-14(9-15-19(26)22(3)20(27)28-15)18(25)24-7-5-4-6-16(24)21-17/h4-7,9,12-13H,8,10-11H2,1-3H3/b15-9+. The lowest BCUT2D eigenvalue weighted by atomic mass is 9.91. The molecule has 0 aliphatic carbocycles. The zero-order valence-electron chi connectivity index (χ0n) is 16.1. The van der Waals surface area contributed by atoms with E-state index in [2.05, 4.69) is 18.7 Å². The van der Waals surface area contributed by atoms with E-state index in [1.54, 1.807) is 25.4 Å². The van der Waals surface area contributed by atoms with Crippen LogP contribution in [0.3, 0.4) is 0 Å². The molecule has 146 valence electrons. The maximum Gasteiger partial charge on any atom is 0.267 e. The molecule has 2 aromatic rings. The number of hydrogen-bond acceptors (Lipinski definition) is 6. The molecular weight excluding hydrogens is 392 g/mol. The van der Waals surface area contributed by atoms with Gasteiger partial charge in [-0.3, -0.25) is 18.9 Å². The Morgan fingerprint density at radius 3 is 2.57 bits per heavy atom. The first-order valence-corrected chi connectivity index (χ1v) is 10.6. The summed E-state index contributed by atoms with van der Waals surface area (Å²) < 4.78 is 2.02. The van der Waals surface area contributed by atoms with E-state index < -0.39 is 0 Å². The molecule has 4 rings (SSSR count). The van der Waals surface area contributed by atoms with Crippen molar-refractivity contribution in [2.75, 3.05) is 25.0 Å². The third kappa shape index (κ3) is 3.35. The monoisotopic (exact) mass is 414 g/mol. The van der Waals surface area contributed by atoms with Crippen LogP contribution in [0.2, 0.25) is 0 Å².